The van der Waals surface area contributed by atoms with Crippen LogP contribution in [0.3, 0.4) is 0 Å². The minimum absolute atomic E-state index is 0. The summed E-state index contributed by atoms with van der Waals surface area (Å²) in [6.07, 6.45) is 1.63. The number of hydrogen-bond acceptors (Lipinski definition) is 3. The van der Waals surface area contributed by atoms with E-state index in [1.165, 1.54) is 0 Å². The molecule has 1 aliphatic rings. The fourth-order valence-electron chi connectivity index (χ4n) is 2.79. The standard InChI is InChI=1S/C18H28N4O2.ClH/c1-12(2)10-20-18(24)22-8-4-5-14(11-22)17(23)21-16-9-15(19)7-6-13(16)3;/h6-7,9,12,14H,4-5,8,10-11,19H2,1-3H3,(H,20,24)(H,21,23);1H. The number of aryl methyl sites for hydroxylation is 1. The van der Waals surface area contributed by atoms with Crippen molar-refractivity contribution in [2.24, 2.45) is 11.8 Å². The molecule has 1 unspecified atom stereocenters. The highest BCUT2D eigenvalue weighted by Gasteiger charge is 2.28. The molecule has 1 aromatic rings. The fourth-order valence-corrected chi connectivity index (χ4v) is 2.79. The van der Waals surface area contributed by atoms with Crippen LogP contribution >= 0.6 is 12.4 Å². The first-order valence-electron chi connectivity index (χ1n) is 8.56. The number of nitrogen functional groups attached to an aromatic ring is 1. The molecule has 25 heavy (non-hydrogen) atoms. The number of carbonyl (C=O) groups excluding carboxylic acids is 2. The summed E-state index contributed by atoms with van der Waals surface area (Å²) in [5, 5.41) is 5.87. The van der Waals surface area contributed by atoms with Gasteiger partial charge in [0, 0.05) is 31.0 Å². The number of nitrogens with one attached hydrogen (secondary N) is 2. The number of rotatable bonds is 4. The molecule has 1 aromatic carbocycles. The average Bonchev–Trinajstić information content (AvgIpc) is 2.56. The van der Waals surface area contributed by atoms with Gasteiger partial charge in [0.1, 0.15) is 0 Å². The molecular weight excluding hydrogens is 340 g/mol. The first-order chi connectivity index (χ1) is 11.4. The van der Waals surface area contributed by atoms with Gasteiger partial charge in [-0.25, -0.2) is 4.79 Å². The largest absolute Gasteiger partial charge is 0.399 e. The van der Waals surface area contributed by atoms with E-state index in [0.29, 0.717) is 31.2 Å². The lowest BCUT2D eigenvalue weighted by molar-refractivity contribution is -0.121. The van der Waals surface area contributed by atoms with E-state index in [2.05, 4.69) is 24.5 Å². The summed E-state index contributed by atoms with van der Waals surface area (Å²) in [7, 11) is 0. The van der Waals surface area contributed by atoms with E-state index in [9.17, 15) is 9.59 Å². The summed E-state index contributed by atoms with van der Waals surface area (Å²) in [5.74, 6) is 0.166. The molecule has 4 N–H and O–H groups in total. The number of anilines is 2. The van der Waals surface area contributed by atoms with Crippen molar-refractivity contribution >= 4 is 35.7 Å². The van der Waals surface area contributed by atoms with E-state index in [1.54, 1.807) is 11.0 Å². The van der Waals surface area contributed by atoms with Crippen LogP contribution in [0.15, 0.2) is 18.2 Å². The van der Waals surface area contributed by atoms with Crippen molar-refractivity contribution in [1.29, 1.82) is 0 Å². The van der Waals surface area contributed by atoms with Gasteiger partial charge in [-0.1, -0.05) is 19.9 Å². The van der Waals surface area contributed by atoms with Crippen LogP contribution in [0, 0.1) is 18.8 Å². The van der Waals surface area contributed by atoms with Crippen LogP contribution in [0.1, 0.15) is 32.3 Å². The van der Waals surface area contributed by atoms with Crippen LogP contribution in [-0.2, 0) is 4.79 Å². The number of likely N-dealkylation sites (tertiary alicyclic amines) is 1. The van der Waals surface area contributed by atoms with E-state index in [1.807, 2.05) is 19.1 Å². The van der Waals surface area contributed by atoms with Crippen molar-refractivity contribution in [3.63, 3.8) is 0 Å². The number of carbonyl (C=O) groups is 2. The van der Waals surface area contributed by atoms with E-state index >= 15 is 0 Å². The maximum Gasteiger partial charge on any atom is 0.317 e. The Bertz CT molecular complexity index is 607. The predicted octanol–water partition coefficient (Wildman–Crippen LogP) is 3.02. The molecule has 0 aliphatic carbocycles. The van der Waals surface area contributed by atoms with Crippen LogP contribution in [0.25, 0.3) is 0 Å². The van der Waals surface area contributed by atoms with Gasteiger partial charge in [-0.2, -0.15) is 0 Å². The number of nitrogens with zero attached hydrogens (tertiary/aromatic N) is 1. The van der Waals surface area contributed by atoms with E-state index in [0.717, 1.165) is 24.1 Å². The summed E-state index contributed by atoms with van der Waals surface area (Å²) < 4.78 is 0. The first kappa shape index (κ1) is 21.1. The molecule has 0 bridgehead atoms. The second-order valence-electron chi connectivity index (χ2n) is 6.93. The Kier molecular flexibility index (Phi) is 8.03. The zero-order valence-corrected chi connectivity index (χ0v) is 16.0. The van der Waals surface area contributed by atoms with Crippen molar-refractivity contribution in [3.8, 4) is 0 Å². The molecule has 1 fully saturated rings. The lowest BCUT2D eigenvalue weighted by atomic mass is 9.97. The molecule has 6 nitrogen and oxygen atoms in total. The normalized spacial score (nSPS) is 17.0. The molecule has 0 radical (unpaired) electrons. The monoisotopic (exact) mass is 368 g/mol. The number of amides is 3. The van der Waals surface area contributed by atoms with Crippen molar-refractivity contribution < 1.29 is 9.59 Å². The van der Waals surface area contributed by atoms with Crippen molar-refractivity contribution in [1.82, 2.24) is 10.2 Å². The number of piperidine rings is 1. The number of halogens is 1. The van der Waals surface area contributed by atoms with E-state index in [4.69, 9.17) is 5.73 Å². The van der Waals surface area contributed by atoms with Crippen LogP contribution in [0.5, 0.6) is 0 Å². The molecule has 0 saturated carbocycles. The van der Waals surface area contributed by atoms with Crippen LogP contribution in [-0.4, -0.2) is 36.5 Å². The topological polar surface area (TPSA) is 87.5 Å². The summed E-state index contributed by atoms with van der Waals surface area (Å²) in [6.45, 7) is 7.85. The molecule has 140 valence electrons. The van der Waals surface area contributed by atoms with Gasteiger partial charge in [0.25, 0.3) is 0 Å². The second-order valence-corrected chi connectivity index (χ2v) is 6.93. The van der Waals surface area contributed by atoms with Crippen LogP contribution in [0.4, 0.5) is 16.2 Å². The van der Waals surface area contributed by atoms with Gasteiger partial charge in [-0.3, -0.25) is 4.79 Å². The second kappa shape index (κ2) is 9.51. The molecule has 3 amide bonds. The Labute approximate surface area is 155 Å². The molecule has 1 saturated heterocycles. The van der Waals surface area contributed by atoms with Gasteiger partial charge < -0.3 is 21.3 Å². The molecule has 2 rings (SSSR count). The van der Waals surface area contributed by atoms with Crippen molar-refractivity contribution in [2.45, 2.75) is 33.6 Å². The van der Waals surface area contributed by atoms with Gasteiger partial charge in [0.05, 0.1) is 5.92 Å². The Morgan fingerprint density at radius 3 is 2.76 bits per heavy atom. The summed E-state index contributed by atoms with van der Waals surface area (Å²) >= 11 is 0. The number of urea groups is 1. The number of nitrogens with two attached hydrogens (primary N) is 1. The summed E-state index contributed by atoms with van der Waals surface area (Å²) in [6, 6.07) is 5.38. The SMILES string of the molecule is Cc1ccc(N)cc1NC(=O)C1CCCN(C(=O)NCC(C)C)C1.Cl. The highest BCUT2D eigenvalue weighted by Crippen LogP contribution is 2.22. The Hall–Kier alpha value is -1.95. The zero-order chi connectivity index (χ0) is 17.7. The zero-order valence-electron chi connectivity index (χ0n) is 15.2. The summed E-state index contributed by atoms with van der Waals surface area (Å²) in [5.41, 5.74) is 8.12. The molecule has 7 heteroatoms. The van der Waals surface area contributed by atoms with Gasteiger partial charge in [-0.05, 0) is 43.4 Å². The highest BCUT2D eigenvalue weighted by molar-refractivity contribution is 5.94. The van der Waals surface area contributed by atoms with Gasteiger partial charge in [0.15, 0.2) is 0 Å². The average molecular weight is 369 g/mol. The molecular formula is C18H29ClN4O2. The maximum atomic E-state index is 12.6. The Balaban J connectivity index is 0.00000312. The molecule has 0 aromatic heterocycles. The third kappa shape index (κ3) is 6.12. The van der Waals surface area contributed by atoms with Crippen LogP contribution in [0.2, 0.25) is 0 Å². The molecule has 1 atom stereocenters. The molecule has 1 heterocycles. The van der Waals surface area contributed by atoms with Crippen molar-refractivity contribution in [2.75, 3.05) is 30.7 Å². The van der Waals surface area contributed by atoms with Crippen LogP contribution < -0.4 is 16.4 Å². The molecule has 1 aliphatic heterocycles. The minimum atomic E-state index is -0.190. The lowest BCUT2D eigenvalue weighted by Crippen LogP contribution is -2.48. The third-order valence-corrected chi connectivity index (χ3v) is 4.26. The summed E-state index contributed by atoms with van der Waals surface area (Å²) in [4.78, 5) is 26.5. The Morgan fingerprint density at radius 1 is 1.36 bits per heavy atom. The number of benzene rings is 1. The van der Waals surface area contributed by atoms with Gasteiger partial charge in [0.2, 0.25) is 5.91 Å². The van der Waals surface area contributed by atoms with Crippen molar-refractivity contribution in [3.05, 3.63) is 23.8 Å². The van der Waals surface area contributed by atoms with Gasteiger partial charge >= 0.3 is 6.03 Å². The minimum Gasteiger partial charge on any atom is -0.399 e. The predicted molar refractivity (Wildman–Crippen MR) is 104 cm³/mol. The highest BCUT2D eigenvalue weighted by atomic mass is 35.5. The first-order valence-corrected chi connectivity index (χ1v) is 8.56. The Morgan fingerprint density at radius 2 is 2.08 bits per heavy atom. The van der Waals surface area contributed by atoms with E-state index in [-0.39, 0.29) is 30.3 Å². The molecule has 0 spiro atoms. The number of hydrogen-bond donors (Lipinski definition) is 3. The van der Waals surface area contributed by atoms with Gasteiger partial charge in [-0.15, -0.1) is 12.4 Å². The third-order valence-electron chi connectivity index (χ3n) is 4.26. The quantitative estimate of drug-likeness (QED) is 0.714. The van der Waals surface area contributed by atoms with E-state index < -0.39 is 0 Å². The smallest absolute Gasteiger partial charge is 0.317 e. The maximum absolute atomic E-state index is 12.6. The fraction of sp³-hybridized carbons (Fsp3) is 0.556. The lowest BCUT2D eigenvalue weighted by Gasteiger charge is -2.32.